The lowest BCUT2D eigenvalue weighted by Crippen LogP contribution is -2.58. The first kappa shape index (κ1) is 16.8. The van der Waals surface area contributed by atoms with E-state index in [2.05, 4.69) is 10.3 Å². The molecule has 25 heavy (non-hydrogen) atoms. The fourth-order valence-corrected chi connectivity index (χ4v) is 2.85. The molecule has 1 N–H and O–H groups in total. The standard InChI is InChI=1S/C18H19N3O4/c1-18(11-16(22)20-15-6-4-5-9-21(15)18)17(23)19-13-10-12(24-2)7-8-14(13)25-3/h4-10H,11H2,1-3H3,(H,19,23). The Morgan fingerprint density at radius 2 is 2.08 bits per heavy atom. The molecule has 1 aromatic carbocycles. The van der Waals surface area contributed by atoms with E-state index in [0.29, 0.717) is 23.0 Å². The number of amidine groups is 1. The van der Waals surface area contributed by atoms with Gasteiger partial charge in [0.1, 0.15) is 22.9 Å². The third-order valence-electron chi connectivity index (χ3n) is 4.25. The van der Waals surface area contributed by atoms with E-state index in [1.807, 2.05) is 0 Å². The van der Waals surface area contributed by atoms with Crippen molar-refractivity contribution in [1.29, 1.82) is 0 Å². The summed E-state index contributed by atoms with van der Waals surface area (Å²) in [5, 5.41) is 2.85. The van der Waals surface area contributed by atoms with Crippen LogP contribution in [0.1, 0.15) is 13.3 Å². The Kier molecular flexibility index (Phi) is 4.31. The van der Waals surface area contributed by atoms with E-state index in [-0.39, 0.29) is 18.2 Å². The molecule has 130 valence electrons. The van der Waals surface area contributed by atoms with Gasteiger partial charge in [-0.1, -0.05) is 6.08 Å². The summed E-state index contributed by atoms with van der Waals surface area (Å²) < 4.78 is 10.5. The molecule has 0 radical (unpaired) electrons. The summed E-state index contributed by atoms with van der Waals surface area (Å²) in [4.78, 5) is 30.8. The molecule has 2 heterocycles. The van der Waals surface area contributed by atoms with E-state index >= 15 is 0 Å². The molecule has 0 bridgehead atoms. The van der Waals surface area contributed by atoms with Gasteiger partial charge < -0.3 is 19.7 Å². The average Bonchev–Trinajstić information content (AvgIpc) is 2.61. The number of nitrogens with zero attached hydrogens (tertiary/aromatic N) is 2. The highest BCUT2D eigenvalue weighted by Crippen LogP contribution is 2.33. The van der Waals surface area contributed by atoms with Crippen molar-refractivity contribution >= 4 is 23.3 Å². The number of fused-ring (bicyclic) bond motifs is 1. The van der Waals surface area contributed by atoms with Gasteiger partial charge in [-0.25, -0.2) is 0 Å². The van der Waals surface area contributed by atoms with Gasteiger partial charge in [0.05, 0.1) is 26.3 Å². The van der Waals surface area contributed by atoms with Crippen LogP contribution in [0, 0.1) is 0 Å². The molecular weight excluding hydrogens is 322 g/mol. The first-order chi connectivity index (χ1) is 12.0. The number of hydrogen-bond donors (Lipinski definition) is 1. The Bertz CT molecular complexity index is 813. The van der Waals surface area contributed by atoms with Gasteiger partial charge in [0.2, 0.25) is 0 Å². The molecule has 0 spiro atoms. The molecule has 1 atom stereocenters. The number of methoxy groups -OCH3 is 2. The van der Waals surface area contributed by atoms with Gasteiger partial charge in [-0.15, -0.1) is 0 Å². The number of carbonyl (C=O) groups is 2. The minimum atomic E-state index is -1.09. The maximum atomic E-state index is 13.0. The van der Waals surface area contributed by atoms with Gasteiger partial charge in [0, 0.05) is 12.3 Å². The van der Waals surface area contributed by atoms with Crippen molar-refractivity contribution in [3.05, 3.63) is 42.6 Å². The van der Waals surface area contributed by atoms with Crippen LogP contribution < -0.4 is 14.8 Å². The SMILES string of the molecule is COc1ccc(OC)c(NC(=O)C2(C)CC(=O)N=C3C=CC=CN32)c1. The Hall–Kier alpha value is -3.09. The number of allylic oxidation sites excluding steroid dienone is 2. The van der Waals surface area contributed by atoms with Gasteiger partial charge in [-0.2, -0.15) is 4.99 Å². The largest absolute Gasteiger partial charge is 0.497 e. The molecule has 2 amide bonds. The van der Waals surface area contributed by atoms with E-state index in [0.717, 1.165) is 0 Å². The number of anilines is 1. The Balaban J connectivity index is 1.93. The summed E-state index contributed by atoms with van der Waals surface area (Å²) >= 11 is 0. The molecule has 1 unspecified atom stereocenters. The van der Waals surface area contributed by atoms with E-state index in [4.69, 9.17) is 9.47 Å². The summed E-state index contributed by atoms with van der Waals surface area (Å²) in [5.41, 5.74) is -0.620. The second-order valence-corrected chi connectivity index (χ2v) is 5.91. The number of benzene rings is 1. The number of ether oxygens (including phenoxy) is 2. The van der Waals surface area contributed by atoms with Gasteiger partial charge >= 0.3 is 0 Å². The topological polar surface area (TPSA) is 80.2 Å². The van der Waals surface area contributed by atoms with Crippen molar-refractivity contribution in [3.8, 4) is 11.5 Å². The summed E-state index contributed by atoms with van der Waals surface area (Å²) in [7, 11) is 3.06. The van der Waals surface area contributed by atoms with Crippen LogP contribution in [-0.4, -0.2) is 42.3 Å². The highest BCUT2D eigenvalue weighted by Gasteiger charge is 2.45. The maximum absolute atomic E-state index is 13.0. The van der Waals surface area contributed by atoms with Crippen LogP contribution in [0.5, 0.6) is 11.5 Å². The molecule has 2 aliphatic heterocycles. The number of amides is 2. The van der Waals surface area contributed by atoms with Crippen molar-refractivity contribution in [2.45, 2.75) is 18.9 Å². The van der Waals surface area contributed by atoms with E-state index in [9.17, 15) is 9.59 Å². The second kappa shape index (κ2) is 6.43. The Morgan fingerprint density at radius 3 is 2.80 bits per heavy atom. The van der Waals surface area contributed by atoms with Crippen LogP contribution in [0.4, 0.5) is 5.69 Å². The quantitative estimate of drug-likeness (QED) is 0.907. The summed E-state index contributed by atoms with van der Waals surface area (Å²) in [6.45, 7) is 1.71. The Morgan fingerprint density at radius 1 is 1.28 bits per heavy atom. The zero-order valence-electron chi connectivity index (χ0n) is 14.3. The van der Waals surface area contributed by atoms with Crippen LogP contribution in [0.15, 0.2) is 47.6 Å². The predicted octanol–water partition coefficient (Wildman–Crippen LogP) is 2.12. The first-order valence-corrected chi connectivity index (χ1v) is 7.77. The van der Waals surface area contributed by atoms with Crippen LogP contribution >= 0.6 is 0 Å². The van der Waals surface area contributed by atoms with E-state index in [1.165, 1.54) is 7.11 Å². The zero-order valence-corrected chi connectivity index (χ0v) is 14.3. The molecule has 0 saturated heterocycles. The normalized spacial score (nSPS) is 21.5. The van der Waals surface area contributed by atoms with Gasteiger partial charge in [0.15, 0.2) is 0 Å². The molecule has 0 saturated carbocycles. The number of carbonyl (C=O) groups excluding carboxylic acids is 2. The lowest BCUT2D eigenvalue weighted by Gasteiger charge is -2.41. The third-order valence-corrected chi connectivity index (χ3v) is 4.25. The fourth-order valence-electron chi connectivity index (χ4n) is 2.85. The van der Waals surface area contributed by atoms with E-state index < -0.39 is 5.54 Å². The lowest BCUT2D eigenvalue weighted by molar-refractivity contribution is -0.130. The van der Waals surface area contributed by atoms with Crippen LogP contribution in [0.3, 0.4) is 0 Å². The summed E-state index contributed by atoms with van der Waals surface area (Å²) in [5.74, 6) is 0.877. The molecule has 2 aliphatic rings. The van der Waals surface area contributed by atoms with Gasteiger partial charge in [0.25, 0.3) is 11.8 Å². The highest BCUT2D eigenvalue weighted by molar-refractivity contribution is 6.12. The molecule has 0 aliphatic carbocycles. The van der Waals surface area contributed by atoms with Crippen LogP contribution in [0.2, 0.25) is 0 Å². The zero-order chi connectivity index (χ0) is 18.0. The lowest BCUT2D eigenvalue weighted by atomic mass is 9.91. The van der Waals surface area contributed by atoms with E-state index in [1.54, 1.807) is 61.6 Å². The number of aliphatic imine (C=N–C) groups is 1. The van der Waals surface area contributed by atoms with Crippen molar-refractivity contribution in [3.63, 3.8) is 0 Å². The number of hydrogen-bond acceptors (Lipinski definition) is 5. The molecule has 0 aromatic heterocycles. The third kappa shape index (κ3) is 3.00. The maximum Gasteiger partial charge on any atom is 0.251 e. The number of rotatable bonds is 4. The highest BCUT2D eigenvalue weighted by atomic mass is 16.5. The predicted molar refractivity (Wildman–Crippen MR) is 93.8 cm³/mol. The summed E-state index contributed by atoms with van der Waals surface area (Å²) in [6, 6.07) is 5.12. The minimum Gasteiger partial charge on any atom is -0.497 e. The van der Waals surface area contributed by atoms with Crippen molar-refractivity contribution in [1.82, 2.24) is 4.90 Å². The van der Waals surface area contributed by atoms with Crippen LogP contribution in [0.25, 0.3) is 0 Å². The monoisotopic (exact) mass is 341 g/mol. The first-order valence-electron chi connectivity index (χ1n) is 7.77. The van der Waals surface area contributed by atoms with Gasteiger partial charge in [-0.3, -0.25) is 9.59 Å². The van der Waals surface area contributed by atoms with Crippen LogP contribution in [-0.2, 0) is 9.59 Å². The summed E-state index contributed by atoms with van der Waals surface area (Å²) in [6.07, 6.45) is 7.00. The molecule has 3 rings (SSSR count). The second-order valence-electron chi connectivity index (χ2n) is 5.91. The molecule has 0 fully saturated rings. The molecular formula is C18H19N3O4. The minimum absolute atomic E-state index is 0.0210. The average molecular weight is 341 g/mol. The van der Waals surface area contributed by atoms with Gasteiger partial charge in [-0.05, 0) is 31.2 Å². The smallest absolute Gasteiger partial charge is 0.251 e. The molecule has 7 heteroatoms. The molecule has 1 aromatic rings. The van der Waals surface area contributed by atoms with Crippen molar-refractivity contribution in [2.24, 2.45) is 4.99 Å². The Labute approximate surface area is 145 Å². The fraction of sp³-hybridized carbons (Fsp3) is 0.278. The number of nitrogens with one attached hydrogen (secondary N) is 1. The van der Waals surface area contributed by atoms with Crippen molar-refractivity contribution < 1.29 is 19.1 Å². The van der Waals surface area contributed by atoms with Crippen molar-refractivity contribution in [2.75, 3.05) is 19.5 Å². The molecule has 7 nitrogen and oxygen atoms in total.